The van der Waals surface area contributed by atoms with Crippen molar-refractivity contribution in [2.75, 3.05) is 0 Å². The van der Waals surface area contributed by atoms with Gasteiger partial charge in [-0.1, -0.05) is 60.7 Å². The van der Waals surface area contributed by atoms with Crippen LogP contribution >= 0.6 is 23.6 Å². The molecule has 2 heterocycles. The molecule has 4 aromatic rings. The van der Waals surface area contributed by atoms with Gasteiger partial charge < -0.3 is 4.98 Å². The molecule has 118 valence electrons. The second kappa shape index (κ2) is 6.19. The third kappa shape index (κ3) is 2.62. The molecule has 0 spiro atoms. The van der Waals surface area contributed by atoms with Crippen LogP contribution in [0.1, 0.15) is 5.56 Å². The van der Waals surface area contributed by atoms with Gasteiger partial charge in [0.15, 0.2) is 4.77 Å². The zero-order chi connectivity index (χ0) is 16.5. The predicted molar refractivity (Wildman–Crippen MR) is 102 cm³/mol. The van der Waals surface area contributed by atoms with Crippen molar-refractivity contribution < 1.29 is 0 Å². The lowest BCUT2D eigenvalue weighted by atomic mass is 10.1. The zero-order valence-corrected chi connectivity index (χ0v) is 14.4. The Hall–Kier alpha value is -2.50. The zero-order valence-electron chi connectivity index (χ0n) is 12.7. The standard InChI is InChI=1S/C19H14N2OS2/c22-18-16-15(14-9-5-2-6-10-14)12-24-17(16)20-19(23)21(18)11-13-7-3-1-4-8-13/h1-10,12H,11H2,(H,20,23). The number of nitrogens with zero attached hydrogens (tertiary/aromatic N) is 1. The summed E-state index contributed by atoms with van der Waals surface area (Å²) in [4.78, 5) is 17.1. The number of hydrogen-bond donors (Lipinski definition) is 1. The smallest absolute Gasteiger partial charge is 0.263 e. The molecule has 5 heteroatoms. The molecule has 0 aliphatic carbocycles. The molecule has 4 rings (SSSR count). The van der Waals surface area contributed by atoms with Gasteiger partial charge in [0, 0.05) is 10.9 Å². The Morgan fingerprint density at radius 3 is 2.38 bits per heavy atom. The predicted octanol–water partition coefficient (Wildman–Crippen LogP) is 4.84. The molecule has 0 fully saturated rings. The van der Waals surface area contributed by atoms with Crippen molar-refractivity contribution in [3.63, 3.8) is 0 Å². The van der Waals surface area contributed by atoms with Crippen molar-refractivity contribution >= 4 is 33.8 Å². The van der Waals surface area contributed by atoms with Gasteiger partial charge in [0.05, 0.1) is 11.9 Å². The highest BCUT2D eigenvalue weighted by Crippen LogP contribution is 2.30. The van der Waals surface area contributed by atoms with Crippen LogP contribution in [0.5, 0.6) is 0 Å². The van der Waals surface area contributed by atoms with Gasteiger partial charge in [-0.3, -0.25) is 9.36 Å². The maximum atomic E-state index is 13.1. The Bertz CT molecular complexity index is 1110. The monoisotopic (exact) mass is 350 g/mol. The second-order valence-corrected chi connectivity index (χ2v) is 6.79. The first-order valence-electron chi connectivity index (χ1n) is 7.58. The van der Waals surface area contributed by atoms with Gasteiger partial charge in [-0.05, 0) is 23.3 Å². The molecule has 0 saturated carbocycles. The third-order valence-electron chi connectivity index (χ3n) is 3.98. The summed E-state index contributed by atoms with van der Waals surface area (Å²) >= 11 is 6.92. The number of hydrogen-bond acceptors (Lipinski definition) is 3. The maximum absolute atomic E-state index is 13.1. The van der Waals surface area contributed by atoms with Gasteiger partial charge in [0.1, 0.15) is 4.83 Å². The molecule has 0 radical (unpaired) electrons. The van der Waals surface area contributed by atoms with Crippen LogP contribution in [0.2, 0.25) is 0 Å². The lowest BCUT2D eigenvalue weighted by molar-refractivity contribution is 0.735. The molecular formula is C19H14N2OS2. The average molecular weight is 350 g/mol. The van der Waals surface area contributed by atoms with E-state index in [2.05, 4.69) is 4.98 Å². The minimum atomic E-state index is -0.0438. The van der Waals surface area contributed by atoms with E-state index >= 15 is 0 Å². The Kier molecular flexibility index (Phi) is 3.88. The van der Waals surface area contributed by atoms with E-state index in [1.807, 2.05) is 66.0 Å². The Balaban J connectivity index is 1.93. The van der Waals surface area contributed by atoms with Crippen LogP contribution in [0, 0.1) is 4.77 Å². The molecule has 0 atom stereocenters. The molecule has 2 aromatic heterocycles. The van der Waals surface area contributed by atoms with Gasteiger partial charge in [-0.25, -0.2) is 0 Å². The highest BCUT2D eigenvalue weighted by atomic mass is 32.1. The van der Waals surface area contributed by atoms with E-state index in [1.54, 1.807) is 4.57 Å². The molecule has 24 heavy (non-hydrogen) atoms. The van der Waals surface area contributed by atoms with Crippen LogP contribution in [0.4, 0.5) is 0 Å². The van der Waals surface area contributed by atoms with Gasteiger partial charge in [0.25, 0.3) is 5.56 Å². The van der Waals surface area contributed by atoms with Crippen LogP contribution in [0.3, 0.4) is 0 Å². The summed E-state index contributed by atoms with van der Waals surface area (Å²) in [5, 5.41) is 2.72. The van der Waals surface area contributed by atoms with Crippen molar-refractivity contribution in [3.8, 4) is 11.1 Å². The van der Waals surface area contributed by atoms with E-state index in [0.29, 0.717) is 16.7 Å². The largest absolute Gasteiger partial charge is 0.323 e. The van der Waals surface area contributed by atoms with Crippen LogP contribution in [0.25, 0.3) is 21.3 Å². The summed E-state index contributed by atoms with van der Waals surface area (Å²) < 4.78 is 2.09. The summed E-state index contributed by atoms with van der Waals surface area (Å²) in [6.07, 6.45) is 0. The summed E-state index contributed by atoms with van der Waals surface area (Å²) in [6, 6.07) is 19.8. The SMILES string of the molecule is O=c1c2c(-c3ccccc3)csc2[nH]c(=S)n1Cc1ccccc1. The topological polar surface area (TPSA) is 37.8 Å². The van der Waals surface area contributed by atoms with Crippen LogP contribution in [-0.2, 0) is 6.54 Å². The normalized spacial score (nSPS) is 11.0. The minimum absolute atomic E-state index is 0.0438. The molecule has 0 aliphatic heterocycles. The van der Waals surface area contributed by atoms with Crippen LogP contribution in [-0.4, -0.2) is 9.55 Å². The summed E-state index contributed by atoms with van der Waals surface area (Å²) in [7, 11) is 0. The first-order valence-corrected chi connectivity index (χ1v) is 8.86. The van der Waals surface area contributed by atoms with E-state index in [9.17, 15) is 4.79 Å². The van der Waals surface area contributed by atoms with E-state index in [-0.39, 0.29) is 5.56 Å². The van der Waals surface area contributed by atoms with Crippen molar-refractivity contribution in [3.05, 3.63) is 86.7 Å². The van der Waals surface area contributed by atoms with Crippen molar-refractivity contribution in [2.24, 2.45) is 0 Å². The molecule has 1 N–H and O–H groups in total. The number of aromatic amines is 1. The van der Waals surface area contributed by atoms with Crippen molar-refractivity contribution in [1.29, 1.82) is 0 Å². The van der Waals surface area contributed by atoms with E-state index in [4.69, 9.17) is 12.2 Å². The molecule has 0 aliphatic rings. The van der Waals surface area contributed by atoms with Gasteiger partial charge in [-0.15, -0.1) is 11.3 Å². The summed E-state index contributed by atoms with van der Waals surface area (Å²) in [6.45, 7) is 0.467. The van der Waals surface area contributed by atoms with Crippen molar-refractivity contribution in [1.82, 2.24) is 9.55 Å². The molecule has 2 aromatic carbocycles. The van der Waals surface area contributed by atoms with E-state index < -0.39 is 0 Å². The number of H-pyrrole nitrogens is 1. The number of benzene rings is 2. The van der Waals surface area contributed by atoms with Gasteiger partial charge in [-0.2, -0.15) is 0 Å². The Morgan fingerprint density at radius 1 is 1.00 bits per heavy atom. The first kappa shape index (κ1) is 15.1. The fraction of sp³-hybridized carbons (Fsp3) is 0.0526. The highest BCUT2D eigenvalue weighted by Gasteiger charge is 2.13. The summed E-state index contributed by atoms with van der Waals surface area (Å²) in [5.41, 5.74) is 3.00. The molecule has 0 saturated heterocycles. The van der Waals surface area contributed by atoms with Crippen molar-refractivity contribution in [2.45, 2.75) is 6.54 Å². The fourth-order valence-corrected chi connectivity index (χ4v) is 4.07. The Labute approximate surface area is 147 Å². The number of nitrogens with one attached hydrogen (secondary N) is 1. The third-order valence-corrected chi connectivity index (χ3v) is 5.20. The van der Waals surface area contributed by atoms with Gasteiger partial charge >= 0.3 is 0 Å². The lowest BCUT2D eigenvalue weighted by Crippen LogP contribution is -2.22. The molecule has 0 bridgehead atoms. The van der Waals surface area contributed by atoms with Crippen LogP contribution in [0.15, 0.2) is 70.8 Å². The number of fused-ring (bicyclic) bond motifs is 1. The van der Waals surface area contributed by atoms with Crippen LogP contribution < -0.4 is 5.56 Å². The average Bonchev–Trinajstić information content (AvgIpc) is 3.04. The number of aromatic nitrogens is 2. The number of rotatable bonds is 3. The quantitative estimate of drug-likeness (QED) is 0.537. The molecule has 0 unspecified atom stereocenters. The fourth-order valence-electron chi connectivity index (χ4n) is 2.79. The first-order chi connectivity index (χ1) is 11.7. The lowest BCUT2D eigenvalue weighted by Gasteiger charge is -2.07. The van der Waals surface area contributed by atoms with E-state index in [1.165, 1.54) is 11.3 Å². The Morgan fingerprint density at radius 2 is 1.67 bits per heavy atom. The second-order valence-electron chi connectivity index (χ2n) is 5.53. The highest BCUT2D eigenvalue weighted by molar-refractivity contribution is 7.71. The molecular weight excluding hydrogens is 336 g/mol. The molecule has 3 nitrogen and oxygen atoms in total. The minimum Gasteiger partial charge on any atom is -0.323 e. The van der Waals surface area contributed by atoms with E-state index in [0.717, 1.165) is 21.5 Å². The summed E-state index contributed by atoms with van der Waals surface area (Å²) in [5.74, 6) is 0. The molecule has 0 amide bonds. The maximum Gasteiger partial charge on any atom is 0.263 e. The van der Waals surface area contributed by atoms with Gasteiger partial charge in [0.2, 0.25) is 0 Å². The number of thiophene rings is 1.